The van der Waals surface area contributed by atoms with E-state index in [9.17, 15) is 13.2 Å². The quantitative estimate of drug-likeness (QED) is 0.797. The number of carbonyl (C=O) groups is 1. The number of likely N-dealkylation sites (tertiary alicyclic amines) is 1. The third-order valence-electron chi connectivity index (χ3n) is 4.36. The maximum atomic E-state index is 12.2. The SMILES string of the molecule is CS(=O)(=O)N1CCC[C@@H]1C(=O)NCCN1CCCCCC1. The molecule has 1 atom stereocenters. The van der Waals surface area contributed by atoms with Gasteiger partial charge in [-0.05, 0) is 38.8 Å². The van der Waals surface area contributed by atoms with Gasteiger partial charge in [-0.15, -0.1) is 0 Å². The third kappa shape index (κ3) is 4.93. The molecule has 0 spiro atoms. The molecule has 1 amide bonds. The van der Waals surface area contributed by atoms with E-state index in [0.29, 0.717) is 19.5 Å². The second kappa shape index (κ2) is 7.56. The van der Waals surface area contributed by atoms with Crippen LogP contribution in [0.5, 0.6) is 0 Å². The Labute approximate surface area is 127 Å². The summed E-state index contributed by atoms with van der Waals surface area (Å²) in [5.41, 5.74) is 0. The van der Waals surface area contributed by atoms with Gasteiger partial charge in [0.05, 0.1) is 6.26 Å². The van der Waals surface area contributed by atoms with Crippen LogP contribution in [0, 0.1) is 0 Å². The average Bonchev–Trinajstić information content (AvgIpc) is 2.78. The molecule has 2 saturated heterocycles. The molecule has 2 aliphatic rings. The fourth-order valence-electron chi connectivity index (χ4n) is 3.21. The minimum Gasteiger partial charge on any atom is -0.353 e. The lowest BCUT2D eigenvalue weighted by atomic mass is 10.2. The van der Waals surface area contributed by atoms with Gasteiger partial charge in [0.1, 0.15) is 6.04 Å². The van der Waals surface area contributed by atoms with Gasteiger partial charge >= 0.3 is 0 Å². The van der Waals surface area contributed by atoms with Gasteiger partial charge in [0.15, 0.2) is 0 Å². The van der Waals surface area contributed by atoms with Gasteiger partial charge in [-0.2, -0.15) is 4.31 Å². The highest BCUT2D eigenvalue weighted by atomic mass is 32.2. The number of nitrogens with zero attached hydrogens (tertiary/aromatic N) is 2. The molecule has 0 aromatic heterocycles. The number of carbonyl (C=O) groups excluding carboxylic acids is 1. The first-order valence-electron chi connectivity index (χ1n) is 7.95. The van der Waals surface area contributed by atoms with Gasteiger partial charge in [0.25, 0.3) is 0 Å². The predicted molar refractivity (Wildman–Crippen MR) is 82.5 cm³/mol. The smallest absolute Gasteiger partial charge is 0.238 e. The first-order chi connectivity index (χ1) is 9.98. The molecule has 0 bridgehead atoms. The summed E-state index contributed by atoms with van der Waals surface area (Å²) in [6, 6.07) is -0.510. The van der Waals surface area contributed by atoms with Crippen molar-refractivity contribution in [1.82, 2.24) is 14.5 Å². The Morgan fingerprint density at radius 3 is 2.38 bits per heavy atom. The third-order valence-corrected chi connectivity index (χ3v) is 5.65. The molecule has 0 aromatic rings. The molecule has 122 valence electrons. The molecule has 7 heteroatoms. The fourth-order valence-corrected chi connectivity index (χ4v) is 4.34. The van der Waals surface area contributed by atoms with E-state index in [-0.39, 0.29) is 5.91 Å². The van der Waals surface area contributed by atoms with E-state index in [1.165, 1.54) is 36.2 Å². The van der Waals surface area contributed by atoms with Crippen molar-refractivity contribution >= 4 is 15.9 Å². The van der Waals surface area contributed by atoms with Gasteiger partial charge in [-0.25, -0.2) is 8.42 Å². The van der Waals surface area contributed by atoms with E-state index in [1.54, 1.807) is 0 Å². The van der Waals surface area contributed by atoms with E-state index in [1.807, 2.05) is 0 Å². The van der Waals surface area contributed by atoms with Crippen molar-refractivity contribution in [3.63, 3.8) is 0 Å². The van der Waals surface area contributed by atoms with Crippen molar-refractivity contribution in [3.05, 3.63) is 0 Å². The van der Waals surface area contributed by atoms with Crippen LogP contribution in [0.25, 0.3) is 0 Å². The molecule has 21 heavy (non-hydrogen) atoms. The summed E-state index contributed by atoms with van der Waals surface area (Å²) in [6.07, 6.45) is 7.63. The number of hydrogen-bond acceptors (Lipinski definition) is 4. The maximum Gasteiger partial charge on any atom is 0.238 e. The van der Waals surface area contributed by atoms with E-state index in [2.05, 4.69) is 10.2 Å². The number of sulfonamides is 1. The maximum absolute atomic E-state index is 12.2. The summed E-state index contributed by atoms with van der Waals surface area (Å²) in [6.45, 7) is 4.14. The monoisotopic (exact) mass is 317 g/mol. The number of amides is 1. The second-order valence-corrected chi connectivity index (χ2v) is 8.01. The van der Waals surface area contributed by atoms with Crippen LogP contribution < -0.4 is 5.32 Å². The lowest BCUT2D eigenvalue weighted by Crippen LogP contribution is -2.47. The Hall–Kier alpha value is -0.660. The molecular formula is C14H27N3O3S. The van der Waals surface area contributed by atoms with Crippen LogP contribution in [-0.2, 0) is 14.8 Å². The molecule has 2 heterocycles. The normalized spacial score (nSPS) is 25.7. The molecule has 0 aliphatic carbocycles. The highest BCUT2D eigenvalue weighted by Crippen LogP contribution is 2.20. The first-order valence-corrected chi connectivity index (χ1v) is 9.80. The van der Waals surface area contributed by atoms with E-state index in [0.717, 1.165) is 26.1 Å². The highest BCUT2D eigenvalue weighted by Gasteiger charge is 2.36. The average molecular weight is 317 g/mol. The van der Waals surface area contributed by atoms with E-state index < -0.39 is 16.1 Å². The van der Waals surface area contributed by atoms with Crippen LogP contribution >= 0.6 is 0 Å². The van der Waals surface area contributed by atoms with E-state index in [4.69, 9.17) is 0 Å². The van der Waals surface area contributed by atoms with Gasteiger partial charge in [0.2, 0.25) is 15.9 Å². The molecule has 2 fully saturated rings. The lowest BCUT2D eigenvalue weighted by molar-refractivity contribution is -0.124. The van der Waals surface area contributed by atoms with Crippen molar-refractivity contribution < 1.29 is 13.2 Å². The number of nitrogens with one attached hydrogen (secondary N) is 1. The van der Waals surface area contributed by atoms with Crippen LogP contribution in [0.3, 0.4) is 0 Å². The van der Waals surface area contributed by atoms with Crippen molar-refractivity contribution in [2.45, 2.75) is 44.6 Å². The molecule has 0 radical (unpaired) electrons. The van der Waals surface area contributed by atoms with Gasteiger partial charge in [-0.1, -0.05) is 12.8 Å². The fraction of sp³-hybridized carbons (Fsp3) is 0.929. The zero-order valence-corrected chi connectivity index (χ0v) is 13.7. The molecule has 0 saturated carbocycles. The Morgan fingerprint density at radius 1 is 1.10 bits per heavy atom. The van der Waals surface area contributed by atoms with Gasteiger partial charge in [0, 0.05) is 19.6 Å². The summed E-state index contributed by atoms with van der Waals surface area (Å²) in [5, 5.41) is 2.91. The molecule has 2 rings (SSSR count). The Kier molecular flexibility index (Phi) is 6.01. The minimum atomic E-state index is -3.28. The Balaban J connectivity index is 1.76. The second-order valence-electron chi connectivity index (χ2n) is 6.08. The van der Waals surface area contributed by atoms with Crippen molar-refractivity contribution in [2.75, 3.05) is 39.0 Å². The van der Waals surface area contributed by atoms with Crippen LogP contribution in [-0.4, -0.2) is 68.6 Å². The van der Waals surface area contributed by atoms with Crippen molar-refractivity contribution in [2.24, 2.45) is 0 Å². The van der Waals surface area contributed by atoms with Crippen molar-refractivity contribution in [1.29, 1.82) is 0 Å². The molecule has 0 unspecified atom stereocenters. The number of hydrogen-bond donors (Lipinski definition) is 1. The molecule has 2 aliphatic heterocycles. The first kappa shape index (κ1) is 16.7. The summed E-state index contributed by atoms with van der Waals surface area (Å²) in [7, 11) is -3.28. The number of rotatable bonds is 5. The minimum absolute atomic E-state index is 0.146. The largest absolute Gasteiger partial charge is 0.353 e. The van der Waals surface area contributed by atoms with E-state index >= 15 is 0 Å². The van der Waals surface area contributed by atoms with Crippen LogP contribution in [0.1, 0.15) is 38.5 Å². The van der Waals surface area contributed by atoms with Gasteiger partial charge in [-0.3, -0.25) is 4.79 Å². The Bertz CT molecular complexity index is 444. The topological polar surface area (TPSA) is 69.7 Å². The van der Waals surface area contributed by atoms with Crippen LogP contribution in [0.2, 0.25) is 0 Å². The summed E-state index contributed by atoms with van der Waals surface area (Å²) < 4.78 is 24.6. The predicted octanol–water partition coefficient (Wildman–Crippen LogP) is 0.403. The molecular weight excluding hydrogens is 290 g/mol. The van der Waals surface area contributed by atoms with Crippen molar-refractivity contribution in [3.8, 4) is 0 Å². The van der Waals surface area contributed by atoms with Crippen LogP contribution in [0.4, 0.5) is 0 Å². The molecule has 0 aromatic carbocycles. The zero-order valence-electron chi connectivity index (χ0n) is 12.9. The molecule has 1 N–H and O–H groups in total. The zero-order chi connectivity index (χ0) is 15.3. The highest BCUT2D eigenvalue weighted by molar-refractivity contribution is 7.88. The Morgan fingerprint density at radius 2 is 1.76 bits per heavy atom. The molecule has 6 nitrogen and oxygen atoms in total. The summed E-state index contributed by atoms with van der Waals surface area (Å²) in [4.78, 5) is 14.6. The standard InChI is InChI=1S/C14H27N3O3S/c1-21(19,20)17-11-6-7-13(17)14(18)15-8-12-16-9-4-2-3-5-10-16/h13H,2-12H2,1H3,(H,15,18)/t13-/m1/s1. The lowest BCUT2D eigenvalue weighted by Gasteiger charge is -2.23. The summed E-state index contributed by atoms with van der Waals surface area (Å²) >= 11 is 0. The van der Waals surface area contributed by atoms with Crippen LogP contribution in [0.15, 0.2) is 0 Å². The summed E-state index contributed by atoms with van der Waals surface area (Å²) in [5.74, 6) is -0.146. The van der Waals surface area contributed by atoms with Gasteiger partial charge < -0.3 is 10.2 Å².